The van der Waals surface area contributed by atoms with Crippen molar-refractivity contribution in [3.8, 4) is 0 Å². The van der Waals surface area contributed by atoms with Gasteiger partial charge < -0.3 is 5.11 Å². The lowest BCUT2D eigenvalue weighted by molar-refractivity contribution is 0.289. The topological polar surface area (TPSA) is 54.4 Å². The maximum absolute atomic E-state index is 10.3. The fourth-order valence-corrected chi connectivity index (χ4v) is 1.09. The second-order valence-corrected chi connectivity index (χ2v) is 4.86. The molecule has 0 aliphatic rings. The minimum atomic E-state index is -3.39. The minimum Gasteiger partial charge on any atom is -0.396 e. The van der Waals surface area contributed by atoms with Crippen molar-refractivity contribution in [2.75, 3.05) is 12.4 Å². The first-order valence-corrected chi connectivity index (χ1v) is 5.72. The zero-order valence-corrected chi connectivity index (χ0v) is 7.61. The van der Waals surface area contributed by atoms with E-state index in [2.05, 4.69) is 0 Å². The normalized spacial score (nSPS) is 12.5. The Morgan fingerprint density at radius 1 is 1.36 bits per heavy atom. The molecule has 0 saturated carbocycles. The predicted octanol–water partition coefficient (Wildman–Crippen LogP) is 0.884. The van der Waals surface area contributed by atoms with Crippen LogP contribution in [0.4, 0.5) is 0 Å². The van der Waals surface area contributed by atoms with Crippen molar-refractivity contribution in [3.63, 3.8) is 0 Å². The van der Waals surface area contributed by atoms with E-state index >= 15 is 0 Å². The van der Waals surface area contributed by atoms with E-state index in [1.165, 1.54) is 6.08 Å². The number of halogens is 1. The molecule has 0 heterocycles. The summed E-state index contributed by atoms with van der Waals surface area (Å²) >= 11 is 0. The Morgan fingerprint density at radius 2 is 2.00 bits per heavy atom. The average molecular weight is 199 g/mol. The van der Waals surface area contributed by atoms with E-state index in [0.29, 0.717) is 12.8 Å². The molecule has 0 aliphatic carbocycles. The molecule has 0 aromatic rings. The van der Waals surface area contributed by atoms with E-state index < -0.39 is 9.05 Å². The molecule has 0 spiro atoms. The van der Waals surface area contributed by atoms with E-state index in [1.807, 2.05) is 0 Å². The first-order valence-electron chi connectivity index (χ1n) is 3.24. The highest BCUT2D eigenvalue weighted by Crippen LogP contribution is 1.97. The van der Waals surface area contributed by atoms with Gasteiger partial charge in [0.2, 0.25) is 9.05 Å². The zero-order valence-electron chi connectivity index (χ0n) is 6.03. The first kappa shape index (κ1) is 10.9. The van der Waals surface area contributed by atoms with Crippen LogP contribution in [0.1, 0.15) is 12.8 Å². The van der Waals surface area contributed by atoms with Crippen LogP contribution in [0.5, 0.6) is 0 Å². The van der Waals surface area contributed by atoms with Crippen molar-refractivity contribution in [2.45, 2.75) is 12.8 Å². The fourth-order valence-electron chi connectivity index (χ4n) is 0.510. The lowest BCUT2D eigenvalue weighted by atomic mass is 10.3. The standard InChI is InChI=1S/C6H11ClO3S/c7-11(9,10)6-4-2-1-3-5-8/h2,4,8H,1,3,5-6H2/b4-2-. The molecule has 1 N–H and O–H groups in total. The molecule has 66 valence electrons. The van der Waals surface area contributed by atoms with Crippen molar-refractivity contribution < 1.29 is 13.5 Å². The molecule has 0 aromatic carbocycles. The highest BCUT2D eigenvalue weighted by Gasteiger charge is 1.98. The lowest BCUT2D eigenvalue weighted by Crippen LogP contribution is -1.92. The number of unbranched alkanes of at least 4 members (excludes halogenated alkanes) is 1. The molecule has 11 heavy (non-hydrogen) atoms. The predicted molar refractivity (Wildman–Crippen MR) is 45.1 cm³/mol. The number of hydrogen-bond acceptors (Lipinski definition) is 3. The summed E-state index contributed by atoms with van der Waals surface area (Å²) in [7, 11) is 1.53. The molecule has 0 unspecified atom stereocenters. The molecule has 0 atom stereocenters. The van der Waals surface area contributed by atoms with Crippen molar-refractivity contribution in [3.05, 3.63) is 12.2 Å². The smallest absolute Gasteiger partial charge is 0.236 e. The van der Waals surface area contributed by atoms with Crippen LogP contribution in [0.25, 0.3) is 0 Å². The third-order valence-corrected chi connectivity index (χ3v) is 1.96. The van der Waals surface area contributed by atoms with Crippen molar-refractivity contribution >= 4 is 19.7 Å². The maximum Gasteiger partial charge on any atom is 0.236 e. The van der Waals surface area contributed by atoms with Gasteiger partial charge in [0.25, 0.3) is 0 Å². The van der Waals surface area contributed by atoms with Crippen LogP contribution in [0.2, 0.25) is 0 Å². The summed E-state index contributed by atoms with van der Waals surface area (Å²) in [5.41, 5.74) is 0. The van der Waals surface area contributed by atoms with Gasteiger partial charge in [-0.2, -0.15) is 0 Å². The van der Waals surface area contributed by atoms with E-state index in [-0.39, 0.29) is 12.4 Å². The third-order valence-electron chi connectivity index (χ3n) is 0.991. The summed E-state index contributed by atoms with van der Waals surface area (Å²) in [6.45, 7) is 0.123. The molecule has 0 aliphatic heterocycles. The van der Waals surface area contributed by atoms with Gasteiger partial charge >= 0.3 is 0 Å². The van der Waals surface area contributed by atoms with Crippen LogP contribution in [0, 0.1) is 0 Å². The second kappa shape index (κ2) is 5.57. The van der Waals surface area contributed by atoms with E-state index in [0.717, 1.165) is 0 Å². The zero-order chi connectivity index (χ0) is 8.74. The SMILES string of the molecule is O=S(=O)(Cl)C/C=C\CCCO. The largest absolute Gasteiger partial charge is 0.396 e. The van der Waals surface area contributed by atoms with Crippen molar-refractivity contribution in [1.82, 2.24) is 0 Å². The summed E-state index contributed by atoms with van der Waals surface area (Å²) < 4.78 is 20.7. The summed E-state index contributed by atoms with van der Waals surface area (Å²) in [6, 6.07) is 0. The Hall–Kier alpha value is -0.0600. The van der Waals surface area contributed by atoms with Crippen molar-refractivity contribution in [2.24, 2.45) is 0 Å². The van der Waals surface area contributed by atoms with Crippen LogP contribution < -0.4 is 0 Å². The van der Waals surface area contributed by atoms with Gasteiger partial charge in [0.05, 0.1) is 5.75 Å². The maximum atomic E-state index is 10.3. The monoisotopic (exact) mass is 198 g/mol. The van der Waals surface area contributed by atoms with Crippen LogP contribution in [0.15, 0.2) is 12.2 Å². The number of aliphatic hydroxyl groups excluding tert-OH is 1. The Bertz CT molecular complexity index is 208. The Morgan fingerprint density at radius 3 is 2.45 bits per heavy atom. The highest BCUT2D eigenvalue weighted by atomic mass is 35.7. The van der Waals surface area contributed by atoms with Gasteiger partial charge in [-0.15, -0.1) is 0 Å². The Labute approximate surface area is 71.1 Å². The van der Waals surface area contributed by atoms with Gasteiger partial charge in [0.15, 0.2) is 0 Å². The van der Waals surface area contributed by atoms with Gasteiger partial charge in [-0.1, -0.05) is 12.2 Å². The van der Waals surface area contributed by atoms with Gasteiger partial charge in [0, 0.05) is 17.3 Å². The molecule has 5 heteroatoms. The highest BCUT2D eigenvalue weighted by molar-refractivity contribution is 8.13. The summed E-state index contributed by atoms with van der Waals surface area (Å²) in [4.78, 5) is 0. The van der Waals surface area contributed by atoms with Crippen LogP contribution in [0.3, 0.4) is 0 Å². The quantitative estimate of drug-likeness (QED) is 0.406. The summed E-state index contributed by atoms with van der Waals surface area (Å²) in [5.74, 6) is -0.139. The number of allylic oxidation sites excluding steroid dienone is 1. The molecule has 0 bridgehead atoms. The first-order chi connectivity index (χ1) is 5.06. The van der Waals surface area contributed by atoms with Crippen LogP contribution in [-0.2, 0) is 9.05 Å². The number of hydrogen-bond donors (Lipinski definition) is 1. The van der Waals surface area contributed by atoms with Gasteiger partial charge in [0.1, 0.15) is 0 Å². The average Bonchev–Trinajstić information content (AvgIpc) is 1.85. The molecule has 0 saturated heterocycles. The molecule has 0 rings (SSSR count). The molecule has 0 fully saturated rings. The van der Waals surface area contributed by atoms with E-state index in [1.54, 1.807) is 6.08 Å². The van der Waals surface area contributed by atoms with Gasteiger partial charge in [-0.3, -0.25) is 0 Å². The Kier molecular flexibility index (Phi) is 5.54. The minimum absolute atomic E-state index is 0.123. The summed E-state index contributed by atoms with van der Waals surface area (Å²) in [6.07, 6.45) is 4.51. The molecular formula is C6H11ClO3S. The molecular weight excluding hydrogens is 188 g/mol. The van der Waals surface area contributed by atoms with Gasteiger partial charge in [-0.05, 0) is 12.8 Å². The molecule has 3 nitrogen and oxygen atoms in total. The number of aliphatic hydroxyl groups is 1. The lowest BCUT2D eigenvalue weighted by Gasteiger charge is -1.88. The van der Waals surface area contributed by atoms with Crippen LogP contribution >= 0.6 is 10.7 Å². The Balaban J connectivity index is 3.46. The van der Waals surface area contributed by atoms with E-state index in [9.17, 15) is 8.42 Å². The van der Waals surface area contributed by atoms with Crippen LogP contribution in [-0.4, -0.2) is 25.9 Å². The van der Waals surface area contributed by atoms with E-state index in [4.69, 9.17) is 15.8 Å². The molecule has 0 aromatic heterocycles. The molecule has 0 amide bonds. The van der Waals surface area contributed by atoms with Gasteiger partial charge in [-0.25, -0.2) is 8.42 Å². The van der Waals surface area contributed by atoms with Crippen molar-refractivity contribution in [1.29, 1.82) is 0 Å². The summed E-state index contributed by atoms with van der Waals surface area (Å²) in [5, 5.41) is 8.35. The third kappa shape index (κ3) is 9.94. The number of rotatable bonds is 5. The second-order valence-electron chi connectivity index (χ2n) is 2.04. The molecule has 0 radical (unpaired) electrons. The fraction of sp³-hybridized carbons (Fsp3) is 0.667.